The second-order valence-electron chi connectivity index (χ2n) is 9.52. The number of halogens is 1. The Morgan fingerprint density at radius 2 is 2.00 bits per heavy atom. The van der Waals surface area contributed by atoms with Crippen LogP contribution in [0, 0.1) is 28.6 Å². The number of rotatable bonds is 2. The maximum atomic E-state index is 15.1. The van der Waals surface area contributed by atoms with Crippen molar-refractivity contribution in [2.45, 2.75) is 84.4 Å². The van der Waals surface area contributed by atoms with Crippen molar-refractivity contribution in [3.63, 3.8) is 0 Å². The Hall–Kier alpha value is -1.19. The van der Waals surface area contributed by atoms with Gasteiger partial charge < -0.3 is 4.74 Å². The molecule has 0 heterocycles. The first-order valence-electron chi connectivity index (χ1n) is 10.4. The molecule has 26 heavy (non-hydrogen) atoms. The Kier molecular flexibility index (Phi) is 4.32. The van der Waals surface area contributed by atoms with E-state index in [9.17, 15) is 9.59 Å². The first-order chi connectivity index (χ1) is 12.3. The minimum atomic E-state index is -0.995. The fourth-order valence-electron chi connectivity index (χ4n) is 6.95. The van der Waals surface area contributed by atoms with Gasteiger partial charge in [-0.05, 0) is 73.3 Å². The quantitative estimate of drug-likeness (QED) is 0.664. The van der Waals surface area contributed by atoms with Crippen molar-refractivity contribution in [3.8, 4) is 0 Å². The number of hydrogen-bond donors (Lipinski definition) is 0. The Morgan fingerprint density at radius 1 is 1.23 bits per heavy atom. The van der Waals surface area contributed by atoms with Crippen molar-refractivity contribution < 1.29 is 18.7 Å². The van der Waals surface area contributed by atoms with E-state index < -0.39 is 6.17 Å². The molecule has 4 aliphatic carbocycles. The van der Waals surface area contributed by atoms with E-state index in [1.807, 2.05) is 6.92 Å². The molecule has 0 aliphatic heterocycles. The first-order valence-corrected chi connectivity index (χ1v) is 10.4. The third-order valence-electron chi connectivity index (χ3n) is 8.41. The van der Waals surface area contributed by atoms with Crippen molar-refractivity contribution in [2.24, 2.45) is 28.6 Å². The molecule has 4 heteroatoms. The van der Waals surface area contributed by atoms with Gasteiger partial charge in [0, 0.05) is 18.3 Å². The zero-order valence-electron chi connectivity index (χ0n) is 16.2. The van der Waals surface area contributed by atoms with E-state index in [4.69, 9.17) is 4.74 Å². The highest BCUT2D eigenvalue weighted by Crippen LogP contribution is 2.66. The van der Waals surface area contributed by atoms with E-state index in [0.29, 0.717) is 37.0 Å². The van der Waals surface area contributed by atoms with Gasteiger partial charge in [0.15, 0.2) is 5.78 Å². The van der Waals surface area contributed by atoms with E-state index in [2.05, 4.69) is 13.8 Å². The Balaban J connectivity index is 1.63. The summed E-state index contributed by atoms with van der Waals surface area (Å²) in [6.45, 7) is 6.29. The second-order valence-corrected chi connectivity index (χ2v) is 9.52. The number of esters is 1. The molecule has 3 fully saturated rings. The van der Waals surface area contributed by atoms with Crippen LogP contribution in [0.4, 0.5) is 4.39 Å². The highest BCUT2D eigenvalue weighted by Gasteiger charge is 2.61. The molecule has 0 aromatic rings. The lowest BCUT2D eigenvalue weighted by molar-refractivity contribution is -0.160. The average molecular weight is 362 g/mol. The van der Waals surface area contributed by atoms with Gasteiger partial charge in [-0.15, -0.1) is 0 Å². The van der Waals surface area contributed by atoms with Gasteiger partial charge in [0.05, 0.1) is 0 Å². The summed E-state index contributed by atoms with van der Waals surface area (Å²) in [7, 11) is 0. The molecule has 0 unspecified atom stereocenters. The molecule has 0 N–H and O–H groups in total. The lowest BCUT2D eigenvalue weighted by Crippen LogP contribution is -2.54. The Labute approximate surface area is 155 Å². The predicted molar refractivity (Wildman–Crippen MR) is 97.2 cm³/mol. The Bertz CT molecular complexity index is 656. The SMILES string of the molecule is CCC(=O)O[C@H]1CC[C@H]2[C@@H]3C[C@@H](F)C4=CC(=O)CC[C@]4(C)[C@H]3CC[C@]12C. The van der Waals surface area contributed by atoms with E-state index in [1.54, 1.807) is 6.08 Å². The molecule has 4 aliphatic rings. The summed E-state index contributed by atoms with van der Waals surface area (Å²) in [5, 5.41) is 0. The zero-order chi connectivity index (χ0) is 18.7. The molecule has 144 valence electrons. The second kappa shape index (κ2) is 6.17. The lowest BCUT2D eigenvalue weighted by atomic mass is 9.47. The van der Waals surface area contributed by atoms with Crippen LogP contribution in [0.15, 0.2) is 11.6 Å². The van der Waals surface area contributed by atoms with E-state index in [0.717, 1.165) is 37.7 Å². The molecule has 3 saturated carbocycles. The topological polar surface area (TPSA) is 43.4 Å². The fourth-order valence-corrected chi connectivity index (χ4v) is 6.95. The first kappa shape index (κ1) is 18.2. The summed E-state index contributed by atoms with van der Waals surface area (Å²) < 4.78 is 20.9. The number of allylic oxidation sites excluding steroid dienone is 1. The molecule has 0 saturated heterocycles. The summed E-state index contributed by atoms with van der Waals surface area (Å²) in [5.41, 5.74) is 0.578. The number of hydrogen-bond acceptors (Lipinski definition) is 3. The average Bonchev–Trinajstić information content (AvgIpc) is 2.93. The molecule has 0 bridgehead atoms. The minimum absolute atomic E-state index is 0.0170. The maximum absolute atomic E-state index is 15.1. The normalized spacial score (nSPS) is 47.5. The van der Waals surface area contributed by atoms with Crippen LogP contribution in [0.2, 0.25) is 0 Å². The molecule has 0 spiro atoms. The molecule has 4 rings (SSSR count). The number of ketones is 1. The van der Waals surface area contributed by atoms with E-state index in [-0.39, 0.29) is 28.7 Å². The van der Waals surface area contributed by atoms with Crippen molar-refractivity contribution >= 4 is 11.8 Å². The van der Waals surface area contributed by atoms with Crippen LogP contribution in [0.1, 0.15) is 72.1 Å². The summed E-state index contributed by atoms with van der Waals surface area (Å²) >= 11 is 0. The van der Waals surface area contributed by atoms with E-state index >= 15 is 4.39 Å². The summed E-state index contributed by atoms with van der Waals surface area (Å²) in [6.07, 6.45) is 6.92. The van der Waals surface area contributed by atoms with Gasteiger partial charge in [-0.1, -0.05) is 20.8 Å². The molecule has 0 radical (unpaired) electrons. The minimum Gasteiger partial charge on any atom is -0.462 e. The molecular weight excluding hydrogens is 331 g/mol. The third-order valence-corrected chi connectivity index (χ3v) is 8.41. The summed E-state index contributed by atoms with van der Waals surface area (Å²) in [6, 6.07) is 0. The van der Waals surface area contributed by atoms with Gasteiger partial charge in [0.2, 0.25) is 0 Å². The number of carbonyl (C=O) groups is 2. The zero-order valence-corrected chi connectivity index (χ0v) is 16.2. The molecule has 0 aromatic heterocycles. The van der Waals surface area contributed by atoms with Gasteiger partial charge in [-0.2, -0.15) is 0 Å². The predicted octanol–water partition coefficient (Wildman–Crippen LogP) is 4.79. The monoisotopic (exact) mass is 362 g/mol. The van der Waals surface area contributed by atoms with Crippen LogP contribution < -0.4 is 0 Å². The highest BCUT2D eigenvalue weighted by atomic mass is 19.1. The molecule has 7 atom stereocenters. The largest absolute Gasteiger partial charge is 0.462 e. The van der Waals surface area contributed by atoms with E-state index in [1.165, 1.54) is 0 Å². The molecule has 3 nitrogen and oxygen atoms in total. The van der Waals surface area contributed by atoms with Gasteiger partial charge in [-0.25, -0.2) is 4.39 Å². The summed E-state index contributed by atoms with van der Waals surface area (Å²) in [4.78, 5) is 23.7. The third kappa shape index (κ3) is 2.51. The van der Waals surface area contributed by atoms with Crippen molar-refractivity contribution in [2.75, 3.05) is 0 Å². The number of ether oxygens (including phenoxy) is 1. The van der Waals surface area contributed by atoms with Crippen LogP contribution in [-0.4, -0.2) is 24.0 Å². The highest BCUT2D eigenvalue weighted by molar-refractivity contribution is 5.91. The van der Waals surface area contributed by atoms with Crippen LogP contribution in [0.5, 0.6) is 0 Å². The van der Waals surface area contributed by atoms with Crippen molar-refractivity contribution in [1.82, 2.24) is 0 Å². The van der Waals surface area contributed by atoms with Gasteiger partial charge in [0.1, 0.15) is 12.3 Å². The standard InChI is InChI=1S/C22H31FO3/c1-4-20(25)26-19-6-5-15-14-12-18(23)17-11-13(24)7-9-21(17,2)16(14)8-10-22(15,19)3/h11,14-16,18-19H,4-10,12H2,1-3H3/t14-,15-,16-,18+,19-,21+,22-/m0/s1. The maximum Gasteiger partial charge on any atom is 0.305 e. The summed E-state index contributed by atoms with van der Waals surface area (Å²) in [5.74, 6) is 1.18. The fraction of sp³-hybridized carbons (Fsp3) is 0.818. The van der Waals surface area contributed by atoms with Crippen molar-refractivity contribution in [1.29, 1.82) is 0 Å². The Morgan fingerprint density at radius 3 is 2.73 bits per heavy atom. The molecule has 0 amide bonds. The number of carbonyl (C=O) groups excluding carboxylic acids is 2. The van der Waals surface area contributed by atoms with Crippen LogP contribution in [0.3, 0.4) is 0 Å². The molecule has 0 aromatic carbocycles. The van der Waals surface area contributed by atoms with Crippen LogP contribution >= 0.6 is 0 Å². The van der Waals surface area contributed by atoms with Crippen LogP contribution in [-0.2, 0) is 14.3 Å². The number of fused-ring (bicyclic) bond motifs is 5. The molecular formula is C22H31FO3. The van der Waals surface area contributed by atoms with Crippen LogP contribution in [0.25, 0.3) is 0 Å². The smallest absolute Gasteiger partial charge is 0.305 e. The van der Waals surface area contributed by atoms with Crippen molar-refractivity contribution in [3.05, 3.63) is 11.6 Å². The lowest BCUT2D eigenvalue weighted by Gasteiger charge is -2.58. The van der Waals surface area contributed by atoms with Gasteiger partial charge >= 0.3 is 5.97 Å². The van der Waals surface area contributed by atoms with Gasteiger partial charge in [-0.3, -0.25) is 9.59 Å². The van der Waals surface area contributed by atoms with Gasteiger partial charge in [0.25, 0.3) is 0 Å². The number of alkyl halides is 1.